The maximum Gasteiger partial charge on any atom is 0.387 e. The molecule has 0 saturated heterocycles. The van der Waals surface area contributed by atoms with Crippen LogP contribution in [0.15, 0.2) is 47.6 Å². The van der Waals surface area contributed by atoms with E-state index in [2.05, 4.69) is 20.3 Å². The first kappa shape index (κ1) is 20.8. The summed E-state index contributed by atoms with van der Waals surface area (Å²) in [7, 11) is 0. The number of halogens is 2. The zero-order chi connectivity index (χ0) is 21.0. The number of hydrogen-bond donors (Lipinski definition) is 1. The molecule has 0 saturated carbocycles. The van der Waals surface area contributed by atoms with Crippen LogP contribution < -0.4 is 10.1 Å². The zero-order valence-electron chi connectivity index (χ0n) is 16.1. The van der Waals surface area contributed by atoms with E-state index in [0.29, 0.717) is 11.0 Å². The number of benzene rings is 2. The number of aromatic nitrogens is 3. The van der Waals surface area contributed by atoms with E-state index >= 15 is 0 Å². The zero-order valence-corrected chi connectivity index (χ0v) is 17.0. The van der Waals surface area contributed by atoms with Crippen molar-refractivity contribution >= 4 is 23.4 Å². The number of alkyl halides is 2. The molecule has 6 nitrogen and oxygen atoms in total. The monoisotopic (exact) mass is 418 g/mol. The number of carbonyl (C=O) groups excluding carboxylic acids is 1. The lowest BCUT2D eigenvalue weighted by molar-refractivity contribution is -0.113. The Bertz CT molecular complexity index is 1020. The highest BCUT2D eigenvalue weighted by molar-refractivity contribution is 7.99. The third-order valence-electron chi connectivity index (χ3n) is 4.11. The van der Waals surface area contributed by atoms with Crippen molar-refractivity contribution in [1.29, 1.82) is 0 Å². The lowest BCUT2D eigenvalue weighted by Crippen LogP contribution is -2.16. The van der Waals surface area contributed by atoms with Crippen LogP contribution in [0.2, 0.25) is 0 Å². The summed E-state index contributed by atoms with van der Waals surface area (Å²) in [6.07, 6.45) is 0. The highest BCUT2D eigenvalue weighted by atomic mass is 32.2. The predicted octanol–water partition coefficient (Wildman–Crippen LogP) is 4.52. The highest BCUT2D eigenvalue weighted by Crippen LogP contribution is 2.27. The number of rotatable bonds is 7. The average molecular weight is 418 g/mol. The summed E-state index contributed by atoms with van der Waals surface area (Å²) in [4.78, 5) is 12.4. The van der Waals surface area contributed by atoms with Crippen LogP contribution in [0, 0.1) is 20.8 Å². The first-order valence-corrected chi connectivity index (χ1v) is 9.80. The van der Waals surface area contributed by atoms with Crippen LogP contribution in [0.4, 0.5) is 14.5 Å². The van der Waals surface area contributed by atoms with Crippen molar-refractivity contribution < 1.29 is 18.3 Å². The van der Waals surface area contributed by atoms with E-state index in [0.717, 1.165) is 16.8 Å². The number of para-hydroxylation sites is 2. The number of aryl methyl sites for hydroxylation is 3. The van der Waals surface area contributed by atoms with Gasteiger partial charge in [-0.05, 0) is 50.1 Å². The van der Waals surface area contributed by atoms with Crippen LogP contribution >= 0.6 is 11.8 Å². The fourth-order valence-corrected chi connectivity index (χ4v) is 3.55. The number of ether oxygens (including phenoxy) is 1. The molecule has 0 bridgehead atoms. The van der Waals surface area contributed by atoms with Gasteiger partial charge in [0, 0.05) is 0 Å². The van der Waals surface area contributed by atoms with Gasteiger partial charge in [-0.15, -0.1) is 10.2 Å². The number of hydrogen-bond acceptors (Lipinski definition) is 5. The molecule has 0 spiro atoms. The molecule has 1 N–H and O–H groups in total. The fraction of sp³-hybridized carbons (Fsp3) is 0.250. The van der Waals surface area contributed by atoms with Gasteiger partial charge >= 0.3 is 6.61 Å². The van der Waals surface area contributed by atoms with Gasteiger partial charge < -0.3 is 10.1 Å². The van der Waals surface area contributed by atoms with Crippen molar-refractivity contribution in [3.8, 4) is 11.4 Å². The molecule has 152 valence electrons. The summed E-state index contributed by atoms with van der Waals surface area (Å²) in [5.74, 6) is 0.285. The lowest BCUT2D eigenvalue weighted by Gasteiger charge is -2.13. The summed E-state index contributed by atoms with van der Waals surface area (Å²) in [5.41, 5.74) is 3.29. The predicted molar refractivity (Wildman–Crippen MR) is 108 cm³/mol. The maximum atomic E-state index is 12.5. The summed E-state index contributed by atoms with van der Waals surface area (Å²) < 4.78 is 31.4. The molecule has 0 aliphatic rings. The molecule has 0 fully saturated rings. The number of amides is 1. The van der Waals surface area contributed by atoms with E-state index in [4.69, 9.17) is 0 Å². The summed E-state index contributed by atoms with van der Waals surface area (Å²) in [6.45, 7) is 2.87. The molecule has 0 radical (unpaired) electrons. The minimum atomic E-state index is -2.97. The van der Waals surface area contributed by atoms with E-state index in [-0.39, 0.29) is 23.1 Å². The number of nitrogens with zero attached hydrogens (tertiary/aromatic N) is 3. The second kappa shape index (κ2) is 9.04. The van der Waals surface area contributed by atoms with Gasteiger partial charge in [-0.2, -0.15) is 8.78 Å². The third-order valence-corrected chi connectivity index (χ3v) is 5.04. The fourth-order valence-electron chi connectivity index (χ4n) is 2.76. The normalized spacial score (nSPS) is 11.0. The average Bonchev–Trinajstić information content (AvgIpc) is 3.03. The molecule has 3 rings (SSSR count). The van der Waals surface area contributed by atoms with Crippen LogP contribution in [0.3, 0.4) is 0 Å². The van der Waals surface area contributed by atoms with Gasteiger partial charge in [-0.1, -0.05) is 36.0 Å². The molecule has 0 atom stereocenters. The topological polar surface area (TPSA) is 69.0 Å². The van der Waals surface area contributed by atoms with Crippen molar-refractivity contribution in [2.75, 3.05) is 11.1 Å². The molecular formula is C20H20F2N4O2S. The Labute approximate surface area is 171 Å². The van der Waals surface area contributed by atoms with Crippen molar-refractivity contribution in [2.45, 2.75) is 32.5 Å². The Kier molecular flexibility index (Phi) is 6.48. The largest absolute Gasteiger partial charge is 0.433 e. The third kappa shape index (κ3) is 5.11. The molecule has 0 aliphatic heterocycles. The Balaban J connectivity index is 1.73. The van der Waals surface area contributed by atoms with Crippen LogP contribution in [0.5, 0.6) is 5.75 Å². The number of carbonyl (C=O) groups is 1. The standard InChI is InChI=1S/C20H20F2N4O2S/c1-12-8-9-13(2)16(10-12)26-14(3)24-25-20(26)29-11-18(27)23-15-6-4-5-7-17(15)28-19(21)22/h4-10,19H,11H2,1-3H3,(H,23,27). The van der Waals surface area contributed by atoms with Crippen LogP contribution in [-0.2, 0) is 4.79 Å². The minimum Gasteiger partial charge on any atom is -0.433 e. The van der Waals surface area contributed by atoms with E-state index < -0.39 is 6.61 Å². The smallest absolute Gasteiger partial charge is 0.387 e. The first-order valence-electron chi connectivity index (χ1n) is 8.81. The van der Waals surface area contributed by atoms with Crippen molar-refractivity contribution in [3.63, 3.8) is 0 Å². The van der Waals surface area contributed by atoms with Gasteiger partial charge in [-0.25, -0.2) is 0 Å². The quantitative estimate of drug-likeness (QED) is 0.571. The number of anilines is 1. The second-order valence-corrected chi connectivity index (χ2v) is 7.31. The Hall–Kier alpha value is -2.94. The van der Waals surface area contributed by atoms with Crippen LogP contribution in [0.25, 0.3) is 5.69 Å². The molecule has 0 unspecified atom stereocenters. The Morgan fingerprint density at radius 2 is 1.93 bits per heavy atom. The molecular weight excluding hydrogens is 398 g/mol. The number of thioether (sulfide) groups is 1. The maximum absolute atomic E-state index is 12.5. The molecule has 1 aromatic heterocycles. The van der Waals surface area contributed by atoms with E-state index in [1.165, 1.54) is 23.9 Å². The SMILES string of the molecule is Cc1ccc(C)c(-n2c(C)nnc2SCC(=O)Nc2ccccc2OC(F)F)c1. The molecule has 3 aromatic rings. The van der Waals surface area contributed by atoms with Crippen molar-refractivity contribution in [2.24, 2.45) is 0 Å². The molecule has 29 heavy (non-hydrogen) atoms. The molecule has 1 heterocycles. The molecule has 9 heteroatoms. The summed E-state index contributed by atoms with van der Waals surface area (Å²) in [6, 6.07) is 12.1. The molecule has 1 amide bonds. The highest BCUT2D eigenvalue weighted by Gasteiger charge is 2.16. The van der Waals surface area contributed by atoms with Crippen LogP contribution in [-0.4, -0.2) is 33.0 Å². The first-order chi connectivity index (χ1) is 13.8. The lowest BCUT2D eigenvalue weighted by atomic mass is 10.1. The van der Waals surface area contributed by atoms with Crippen LogP contribution in [0.1, 0.15) is 17.0 Å². The van der Waals surface area contributed by atoms with Gasteiger partial charge in [-0.3, -0.25) is 9.36 Å². The van der Waals surface area contributed by atoms with Crippen molar-refractivity contribution in [3.05, 3.63) is 59.4 Å². The Morgan fingerprint density at radius 3 is 2.69 bits per heavy atom. The second-order valence-electron chi connectivity index (χ2n) is 6.37. The van der Waals surface area contributed by atoms with Gasteiger partial charge in [0.2, 0.25) is 5.91 Å². The van der Waals surface area contributed by atoms with E-state index in [9.17, 15) is 13.6 Å². The van der Waals surface area contributed by atoms with E-state index in [1.54, 1.807) is 12.1 Å². The van der Waals surface area contributed by atoms with Crippen molar-refractivity contribution in [1.82, 2.24) is 14.8 Å². The Morgan fingerprint density at radius 1 is 1.17 bits per heavy atom. The van der Waals surface area contributed by atoms with Gasteiger partial charge in [0.15, 0.2) is 5.16 Å². The van der Waals surface area contributed by atoms with E-state index in [1.807, 2.05) is 43.5 Å². The number of nitrogens with one attached hydrogen (secondary N) is 1. The molecule has 0 aliphatic carbocycles. The minimum absolute atomic E-state index is 0.0337. The summed E-state index contributed by atoms with van der Waals surface area (Å²) in [5, 5.41) is 11.5. The van der Waals surface area contributed by atoms with Gasteiger partial charge in [0.25, 0.3) is 0 Å². The molecule has 2 aromatic carbocycles. The summed E-state index contributed by atoms with van der Waals surface area (Å²) >= 11 is 1.21. The van der Waals surface area contributed by atoms with Gasteiger partial charge in [0.1, 0.15) is 11.6 Å². The van der Waals surface area contributed by atoms with Gasteiger partial charge in [0.05, 0.1) is 17.1 Å².